The summed E-state index contributed by atoms with van der Waals surface area (Å²) in [5.41, 5.74) is 3.19. The number of amides is 2. The van der Waals surface area contributed by atoms with Crippen LogP contribution in [0.1, 0.15) is 36.8 Å². The number of aryl methyl sites for hydroxylation is 2. The van der Waals surface area contributed by atoms with Crippen molar-refractivity contribution in [2.45, 2.75) is 32.1 Å². The first-order valence-corrected chi connectivity index (χ1v) is 12.3. The summed E-state index contributed by atoms with van der Waals surface area (Å²) in [5.74, 6) is 0.863. The first-order chi connectivity index (χ1) is 17.5. The molecule has 0 spiro atoms. The number of aromatic nitrogens is 5. The highest BCUT2D eigenvalue weighted by atomic mass is 16.5. The molecule has 0 aliphatic carbocycles. The second-order valence-corrected chi connectivity index (χ2v) is 9.57. The van der Waals surface area contributed by atoms with Gasteiger partial charge in [-0.3, -0.25) is 14.3 Å². The van der Waals surface area contributed by atoms with Crippen LogP contribution in [-0.2, 0) is 16.6 Å². The van der Waals surface area contributed by atoms with Crippen molar-refractivity contribution in [3.63, 3.8) is 0 Å². The van der Waals surface area contributed by atoms with E-state index in [1.165, 1.54) is 0 Å². The predicted molar refractivity (Wildman–Crippen MR) is 132 cm³/mol. The average Bonchev–Trinajstić information content (AvgIpc) is 3.62. The lowest BCUT2D eigenvalue weighted by Gasteiger charge is -2.32. The molecule has 4 aromatic rings. The summed E-state index contributed by atoms with van der Waals surface area (Å²) in [5, 5.41) is 9.58. The van der Waals surface area contributed by atoms with E-state index in [1.807, 2.05) is 61.3 Å². The molecule has 6 rings (SSSR count). The number of carbonyl (C=O) groups is 2. The van der Waals surface area contributed by atoms with E-state index in [-0.39, 0.29) is 30.1 Å². The van der Waals surface area contributed by atoms with Gasteiger partial charge >= 0.3 is 0 Å². The zero-order chi connectivity index (χ0) is 24.8. The first-order valence-electron chi connectivity index (χ1n) is 12.3. The standard InChI is InChI=1S/C26H27N7O3/c1-16-20-8-9-21(27-24(20)31(2)29-16)23-28-25(36-30-23)17-10-12-32(13-11-17)26(35)18-14-22(34)33(15-18)19-6-4-3-5-7-19/h3-9,17-18H,10-15H2,1-2H3. The monoisotopic (exact) mass is 485 g/mol. The highest BCUT2D eigenvalue weighted by Crippen LogP contribution is 2.31. The molecule has 36 heavy (non-hydrogen) atoms. The Balaban J connectivity index is 1.09. The molecule has 2 aliphatic rings. The number of hydrogen-bond donors (Lipinski definition) is 0. The smallest absolute Gasteiger partial charge is 0.230 e. The van der Waals surface area contributed by atoms with E-state index >= 15 is 0 Å². The van der Waals surface area contributed by atoms with Gasteiger partial charge in [0, 0.05) is 50.1 Å². The number of benzene rings is 1. The zero-order valence-corrected chi connectivity index (χ0v) is 20.3. The Hall–Kier alpha value is -4.08. The quantitative estimate of drug-likeness (QED) is 0.437. The summed E-state index contributed by atoms with van der Waals surface area (Å²) >= 11 is 0. The van der Waals surface area contributed by atoms with Gasteiger partial charge in [0.1, 0.15) is 5.69 Å². The van der Waals surface area contributed by atoms with Crippen LogP contribution in [0, 0.1) is 12.8 Å². The van der Waals surface area contributed by atoms with Crippen LogP contribution in [0.25, 0.3) is 22.6 Å². The van der Waals surface area contributed by atoms with E-state index in [0.29, 0.717) is 37.0 Å². The van der Waals surface area contributed by atoms with Crippen molar-refractivity contribution in [3.8, 4) is 11.5 Å². The number of carbonyl (C=O) groups excluding carboxylic acids is 2. The summed E-state index contributed by atoms with van der Waals surface area (Å²) in [6.45, 7) is 3.60. The number of piperidine rings is 1. The fourth-order valence-electron chi connectivity index (χ4n) is 5.27. The predicted octanol–water partition coefficient (Wildman–Crippen LogP) is 3.09. The minimum Gasteiger partial charge on any atom is -0.342 e. The van der Waals surface area contributed by atoms with E-state index in [1.54, 1.807) is 9.58 Å². The Bertz CT molecular complexity index is 1440. The van der Waals surface area contributed by atoms with Crippen LogP contribution >= 0.6 is 0 Å². The minimum absolute atomic E-state index is 0.000839. The van der Waals surface area contributed by atoms with Gasteiger partial charge in [0.05, 0.1) is 11.6 Å². The molecule has 5 heterocycles. The van der Waals surface area contributed by atoms with Crippen molar-refractivity contribution in [2.24, 2.45) is 13.0 Å². The Kier molecular flexibility index (Phi) is 5.50. The van der Waals surface area contributed by atoms with Crippen molar-refractivity contribution in [3.05, 3.63) is 54.0 Å². The van der Waals surface area contributed by atoms with Crippen LogP contribution in [0.4, 0.5) is 5.69 Å². The van der Waals surface area contributed by atoms with Crippen molar-refractivity contribution in [1.82, 2.24) is 29.8 Å². The van der Waals surface area contributed by atoms with Crippen LogP contribution in [0.15, 0.2) is 47.0 Å². The minimum atomic E-state index is -0.305. The van der Waals surface area contributed by atoms with Crippen LogP contribution in [-0.4, -0.2) is 61.3 Å². The van der Waals surface area contributed by atoms with Crippen LogP contribution in [0.2, 0.25) is 0 Å². The molecule has 2 fully saturated rings. The van der Waals surface area contributed by atoms with E-state index in [4.69, 9.17) is 4.52 Å². The fourth-order valence-corrected chi connectivity index (χ4v) is 5.27. The van der Waals surface area contributed by atoms with Gasteiger partial charge in [0.25, 0.3) is 0 Å². The molecule has 0 N–H and O–H groups in total. The maximum Gasteiger partial charge on any atom is 0.230 e. The third-order valence-electron chi connectivity index (χ3n) is 7.24. The van der Waals surface area contributed by atoms with Crippen molar-refractivity contribution >= 4 is 28.5 Å². The van der Waals surface area contributed by atoms with Gasteiger partial charge in [0.2, 0.25) is 23.5 Å². The molecule has 184 valence electrons. The number of hydrogen-bond acceptors (Lipinski definition) is 7. The van der Waals surface area contributed by atoms with E-state index in [2.05, 4.69) is 20.2 Å². The Morgan fingerprint density at radius 1 is 1.06 bits per heavy atom. The summed E-state index contributed by atoms with van der Waals surface area (Å²) in [6.07, 6.45) is 1.74. The van der Waals surface area contributed by atoms with Crippen molar-refractivity contribution < 1.29 is 14.1 Å². The number of rotatable bonds is 4. The van der Waals surface area contributed by atoms with E-state index in [9.17, 15) is 9.59 Å². The molecule has 0 radical (unpaired) electrons. The number of fused-ring (bicyclic) bond motifs is 1. The molecular weight excluding hydrogens is 458 g/mol. The topological polar surface area (TPSA) is 110 Å². The maximum absolute atomic E-state index is 13.2. The molecule has 10 nitrogen and oxygen atoms in total. The molecule has 2 saturated heterocycles. The normalized spacial score (nSPS) is 18.9. The molecule has 3 aromatic heterocycles. The first kappa shape index (κ1) is 22.4. The average molecular weight is 486 g/mol. The van der Waals surface area contributed by atoms with Crippen molar-refractivity contribution in [1.29, 1.82) is 0 Å². The number of pyridine rings is 1. The van der Waals surface area contributed by atoms with Gasteiger partial charge in [-0.05, 0) is 44.0 Å². The number of para-hydroxylation sites is 1. The Morgan fingerprint density at radius 3 is 2.61 bits per heavy atom. The van der Waals surface area contributed by atoms with E-state index in [0.717, 1.165) is 35.3 Å². The molecule has 0 saturated carbocycles. The summed E-state index contributed by atoms with van der Waals surface area (Å²) in [4.78, 5) is 38.6. The second kappa shape index (κ2) is 8.85. The highest BCUT2D eigenvalue weighted by molar-refractivity contribution is 6.00. The number of anilines is 1. The van der Waals surface area contributed by atoms with Crippen LogP contribution < -0.4 is 4.90 Å². The third-order valence-corrected chi connectivity index (χ3v) is 7.24. The van der Waals surface area contributed by atoms with Crippen LogP contribution in [0.3, 0.4) is 0 Å². The van der Waals surface area contributed by atoms with Gasteiger partial charge in [-0.2, -0.15) is 10.1 Å². The SMILES string of the molecule is Cc1nn(C)c2nc(-c3noc(C4CCN(C(=O)C5CC(=O)N(c6ccccc6)C5)CC4)n3)ccc12. The number of likely N-dealkylation sites (tertiary alicyclic amines) is 1. The van der Waals surface area contributed by atoms with Gasteiger partial charge in [-0.15, -0.1) is 0 Å². The number of nitrogens with zero attached hydrogens (tertiary/aromatic N) is 7. The van der Waals surface area contributed by atoms with E-state index < -0.39 is 0 Å². The highest BCUT2D eigenvalue weighted by Gasteiger charge is 2.38. The van der Waals surface area contributed by atoms with Gasteiger partial charge in [0.15, 0.2) is 5.65 Å². The molecular formula is C26H27N7O3. The summed E-state index contributed by atoms with van der Waals surface area (Å²) < 4.78 is 7.35. The zero-order valence-electron chi connectivity index (χ0n) is 20.3. The van der Waals surface area contributed by atoms with Crippen molar-refractivity contribution in [2.75, 3.05) is 24.5 Å². The lowest BCUT2D eigenvalue weighted by molar-refractivity contribution is -0.136. The van der Waals surface area contributed by atoms with Gasteiger partial charge in [-0.25, -0.2) is 4.98 Å². The Morgan fingerprint density at radius 2 is 1.83 bits per heavy atom. The Labute approximate surface area is 207 Å². The molecule has 10 heteroatoms. The molecule has 1 atom stereocenters. The maximum atomic E-state index is 13.2. The molecule has 2 aliphatic heterocycles. The summed E-state index contributed by atoms with van der Waals surface area (Å²) in [7, 11) is 1.86. The lowest BCUT2D eigenvalue weighted by Crippen LogP contribution is -2.42. The van der Waals surface area contributed by atoms with Gasteiger partial charge < -0.3 is 14.3 Å². The lowest BCUT2D eigenvalue weighted by atomic mass is 9.95. The second-order valence-electron chi connectivity index (χ2n) is 9.57. The molecule has 1 aromatic carbocycles. The summed E-state index contributed by atoms with van der Waals surface area (Å²) in [6, 6.07) is 13.4. The largest absolute Gasteiger partial charge is 0.342 e. The third kappa shape index (κ3) is 3.92. The molecule has 1 unspecified atom stereocenters. The molecule has 2 amide bonds. The van der Waals surface area contributed by atoms with Gasteiger partial charge in [-0.1, -0.05) is 23.4 Å². The van der Waals surface area contributed by atoms with Crippen LogP contribution in [0.5, 0.6) is 0 Å². The fraction of sp³-hybridized carbons (Fsp3) is 0.385. The molecule has 0 bridgehead atoms.